The molecule has 0 spiro atoms. The van der Waals surface area contributed by atoms with Crippen LogP contribution < -0.4 is 10.5 Å². The normalized spacial score (nSPS) is 20.2. The molecular weight excluding hydrogens is 362 g/mol. The summed E-state index contributed by atoms with van der Waals surface area (Å²) in [7, 11) is 1.69. The molecule has 2 saturated heterocycles. The van der Waals surface area contributed by atoms with E-state index in [9.17, 15) is 9.59 Å². The minimum Gasteiger partial charge on any atom is -0.378 e. The maximum Gasteiger partial charge on any atom is 0.255 e. The molecule has 2 aromatic heterocycles. The highest BCUT2D eigenvalue weighted by Crippen LogP contribution is 2.20. The summed E-state index contributed by atoms with van der Waals surface area (Å²) in [5.74, 6) is 0.491. The summed E-state index contributed by atoms with van der Waals surface area (Å²) in [6.45, 7) is 3.57. The fourth-order valence-corrected chi connectivity index (χ4v) is 3.45. The lowest BCUT2D eigenvalue weighted by Crippen LogP contribution is -2.54. The molecule has 9 nitrogen and oxygen atoms in total. The first-order valence-electron chi connectivity index (χ1n) is 9.35. The van der Waals surface area contributed by atoms with Crippen LogP contribution in [0.15, 0.2) is 35.4 Å². The molecule has 0 saturated carbocycles. The Balaban J connectivity index is 1.58. The fraction of sp³-hybridized carbons (Fsp3) is 0.474. The van der Waals surface area contributed by atoms with E-state index in [-0.39, 0.29) is 11.5 Å². The van der Waals surface area contributed by atoms with Crippen LogP contribution >= 0.6 is 0 Å². The van der Waals surface area contributed by atoms with Crippen LogP contribution in [0.5, 0.6) is 0 Å². The van der Waals surface area contributed by atoms with E-state index in [1.165, 1.54) is 10.6 Å². The molecule has 148 valence electrons. The van der Waals surface area contributed by atoms with Crippen molar-refractivity contribution in [2.24, 2.45) is 7.05 Å². The van der Waals surface area contributed by atoms with Crippen molar-refractivity contribution in [3.05, 3.63) is 40.9 Å². The molecule has 4 heterocycles. The zero-order chi connectivity index (χ0) is 19.5. The summed E-state index contributed by atoms with van der Waals surface area (Å²) in [4.78, 5) is 37.7. The second-order valence-corrected chi connectivity index (χ2v) is 6.82. The van der Waals surface area contributed by atoms with Crippen molar-refractivity contribution >= 4 is 11.9 Å². The van der Waals surface area contributed by atoms with Crippen molar-refractivity contribution < 1.29 is 14.3 Å². The van der Waals surface area contributed by atoms with Crippen molar-refractivity contribution in [2.75, 3.05) is 50.9 Å². The van der Waals surface area contributed by atoms with Gasteiger partial charge in [-0.15, -0.1) is 0 Å². The molecular formula is C19H23N5O4. The molecule has 2 aromatic rings. The molecule has 2 fully saturated rings. The molecule has 0 bridgehead atoms. The van der Waals surface area contributed by atoms with E-state index in [1.807, 2.05) is 17.0 Å². The van der Waals surface area contributed by atoms with Crippen LogP contribution in [-0.4, -0.2) is 77.4 Å². The highest BCUT2D eigenvalue weighted by atomic mass is 16.5. The number of carbonyl (C=O) groups excluding carboxylic acids is 1. The van der Waals surface area contributed by atoms with Gasteiger partial charge in [0.15, 0.2) is 6.10 Å². The molecule has 0 aromatic carbocycles. The molecule has 28 heavy (non-hydrogen) atoms. The van der Waals surface area contributed by atoms with Crippen molar-refractivity contribution in [2.45, 2.75) is 6.10 Å². The molecule has 0 N–H and O–H groups in total. The second kappa shape index (κ2) is 8.07. The van der Waals surface area contributed by atoms with Crippen molar-refractivity contribution in [1.82, 2.24) is 19.4 Å². The van der Waals surface area contributed by atoms with Gasteiger partial charge < -0.3 is 19.3 Å². The summed E-state index contributed by atoms with van der Waals surface area (Å²) >= 11 is 0. The molecule has 2 aliphatic heterocycles. The molecule has 0 aliphatic carbocycles. The minimum absolute atomic E-state index is 0.0386. The van der Waals surface area contributed by atoms with Gasteiger partial charge in [-0.05, 0) is 12.1 Å². The van der Waals surface area contributed by atoms with Gasteiger partial charge in [0.1, 0.15) is 0 Å². The third-order valence-electron chi connectivity index (χ3n) is 5.03. The smallest absolute Gasteiger partial charge is 0.255 e. The number of rotatable bonds is 3. The number of carbonyl (C=O) groups is 1. The first-order chi connectivity index (χ1) is 13.6. The fourth-order valence-electron chi connectivity index (χ4n) is 3.45. The number of hydrogen-bond acceptors (Lipinski definition) is 7. The largest absolute Gasteiger partial charge is 0.378 e. The Kier molecular flexibility index (Phi) is 5.36. The van der Waals surface area contributed by atoms with Gasteiger partial charge in [-0.1, -0.05) is 0 Å². The number of nitrogens with zero attached hydrogens (tertiary/aromatic N) is 5. The van der Waals surface area contributed by atoms with Gasteiger partial charge in [0, 0.05) is 50.7 Å². The van der Waals surface area contributed by atoms with Gasteiger partial charge in [-0.2, -0.15) is 0 Å². The Labute approximate surface area is 162 Å². The van der Waals surface area contributed by atoms with Crippen molar-refractivity contribution in [3.63, 3.8) is 0 Å². The summed E-state index contributed by atoms with van der Waals surface area (Å²) in [5.41, 5.74) is 1.26. The maximum atomic E-state index is 12.8. The lowest BCUT2D eigenvalue weighted by atomic mass is 10.2. The van der Waals surface area contributed by atoms with Crippen LogP contribution in [0.2, 0.25) is 0 Å². The molecule has 4 rings (SSSR count). The summed E-state index contributed by atoms with van der Waals surface area (Å²) in [6, 6.07) is 5.14. The number of hydrogen-bond donors (Lipinski definition) is 0. The third kappa shape index (κ3) is 3.76. The Morgan fingerprint density at radius 2 is 1.89 bits per heavy atom. The van der Waals surface area contributed by atoms with E-state index in [0.29, 0.717) is 57.6 Å². The van der Waals surface area contributed by atoms with Gasteiger partial charge in [-0.3, -0.25) is 19.1 Å². The zero-order valence-corrected chi connectivity index (χ0v) is 15.8. The topological polar surface area (TPSA) is 89.8 Å². The van der Waals surface area contributed by atoms with Gasteiger partial charge in [0.05, 0.1) is 32.1 Å². The quantitative estimate of drug-likeness (QED) is 0.729. The number of morpholine rings is 2. The zero-order valence-electron chi connectivity index (χ0n) is 15.8. The number of ether oxygens (including phenoxy) is 2. The summed E-state index contributed by atoms with van der Waals surface area (Å²) < 4.78 is 12.6. The lowest BCUT2D eigenvalue weighted by Gasteiger charge is -2.37. The Hall–Kier alpha value is -2.78. The van der Waals surface area contributed by atoms with Crippen LogP contribution in [0.4, 0.5) is 5.95 Å². The van der Waals surface area contributed by atoms with Gasteiger partial charge in [0.25, 0.3) is 11.5 Å². The standard InChI is InChI=1S/C19H23N5O4/c1-22-17(25)12-15(14-2-4-20-5-3-14)21-19(22)24-8-11-28-16(13-24)18(26)23-6-9-27-10-7-23/h2-5,12,16H,6-11,13H2,1H3. The molecule has 2 aliphatic rings. The SMILES string of the molecule is Cn1c(N2CCOC(C(=O)N3CCOCC3)C2)nc(-c2ccncc2)cc1=O. The van der Waals surface area contributed by atoms with E-state index in [1.54, 1.807) is 24.3 Å². The lowest BCUT2D eigenvalue weighted by molar-refractivity contribution is -0.148. The van der Waals surface area contributed by atoms with Crippen LogP contribution in [0.1, 0.15) is 0 Å². The van der Waals surface area contributed by atoms with Gasteiger partial charge >= 0.3 is 0 Å². The first-order valence-corrected chi connectivity index (χ1v) is 9.35. The Bertz CT molecular complexity index is 895. The van der Waals surface area contributed by atoms with Crippen LogP contribution in [0.25, 0.3) is 11.3 Å². The Morgan fingerprint density at radius 1 is 1.14 bits per heavy atom. The van der Waals surface area contributed by atoms with Crippen molar-refractivity contribution in [3.8, 4) is 11.3 Å². The molecule has 9 heteroatoms. The van der Waals surface area contributed by atoms with Crippen LogP contribution in [-0.2, 0) is 21.3 Å². The minimum atomic E-state index is -0.576. The van der Waals surface area contributed by atoms with Gasteiger partial charge in [-0.25, -0.2) is 4.98 Å². The molecule has 1 atom stereocenters. The predicted octanol–water partition coefficient (Wildman–Crippen LogP) is -0.0937. The second-order valence-electron chi connectivity index (χ2n) is 6.82. The van der Waals surface area contributed by atoms with E-state index in [2.05, 4.69) is 4.98 Å². The predicted molar refractivity (Wildman–Crippen MR) is 102 cm³/mol. The monoisotopic (exact) mass is 385 g/mol. The van der Waals surface area contributed by atoms with E-state index in [0.717, 1.165) is 5.56 Å². The van der Waals surface area contributed by atoms with Crippen LogP contribution in [0, 0.1) is 0 Å². The molecule has 1 unspecified atom stereocenters. The highest BCUT2D eigenvalue weighted by Gasteiger charge is 2.32. The third-order valence-corrected chi connectivity index (χ3v) is 5.03. The molecule has 1 amide bonds. The number of amides is 1. The number of pyridine rings is 1. The molecule has 0 radical (unpaired) electrons. The van der Waals surface area contributed by atoms with E-state index in [4.69, 9.17) is 14.5 Å². The van der Waals surface area contributed by atoms with E-state index < -0.39 is 6.10 Å². The average Bonchev–Trinajstić information content (AvgIpc) is 2.76. The van der Waals surface area contributed by atoms with Gasteiger partial charge in [0.2, 0.25) is 5.95 Å². The number of anilines is 1. The number of aromatic nitrogens is 3. The summed E-state index contributed by atoms with van der Waals surface area (Å²) in [6.07, 6.45) is 2.76. The van der Waals surface area contributed by atoms with E-state index >= 15 is 0 Å². The maximum absolute atomic E-state index is 12.8. The summed E-state index contributed by atoms with van der Waals surface area (Å²) in [5, 5.41) is 0. The van der Waals surface area contributed by atoms with Crippen molar-refractivity contribution in [1.29, 1.82) is 0 Å². The Morgan fingerprint density at radius 3 is 2.64 bits per heavy atom. The van der Waals surface area contributed by atoms with Crippen LogP contribution in [0.3, 0.4) is 0 Å². The first kappa shape index (κ1) is 18.6. The highest BCUT2D eigenvalue weighted by molar-refractivity contribution is 5.82. The average molecular weight is 385 g/mol.